The number of aliphatic hydroxyl groups excluding tert-OH is 1. The molecule has 4 rings (SSSR count). The Morgan fingerprint density at radius 1 is 0.854 bits per heavy atom. The fourth-order valence-corrected chi connectivity index (χ4v) is 5.73. The Morgan fingerprint density at radius 3 is 1.78 bits per heavy atom. The highest BCUT2D eigenvalue weighted by Gasteiger charge is 2.62. The summed E-state index contributed by atoms with van der Waals surface area (Å²) in [5, 5.41) is 9.52. The maximum absolute atomic E-state index is 12.4. The topological polar surface area (TPSA) is 135 Å². The quantitative estimate of drug-likeness (QED) is 0.374. The van der Waals surface area contributed by atoms with Gasteiger partial charge in [-0.25, -0.2) is 9.59 Å². The summed E-state index contributed by atoms with van der Waals surface area (Å²) in [4.78, 5) is 27.9. The lowest BCUT2D eigenvalue weighted by atomic mass is 9.99. The van der Waals surface area contributed by atoms with Crippen LogP contribution in [0.2, 0.25) is 0 Å². The van der Waals surface area contributed by atoms with E-state index in [0.29, 0.717) is 13.1 Å². The van der Waals surface area contributed by atoms with E-state index >= 15 is 0 Å². The van der Waals surface area contributed by atoms with Gasteiger partial charge in [-0.2, -0.15) is 0 Å². The number of carbonyl (C=O) groups is 2. The van der Waals surface area contributed by atoms with Gasteiger partial charge in [0.05, 0.1) is 12.7 Å². The molecule has 13 nitrogen and oxygen atoms in total. The van der Waals surface area contributed by atoms with Gasteiger partial charge in [-0.05, 0) is 47.1 Å². The van der Waals surface area contributed by atoms with Gasteiger partial charge in [0.15, 0.2) is 0 Å². The monoisotopic (exact) mass is 588 g/mol. The Hall–Kier alpha value is -2.00. The number of hydrogen-bond donors (Lipinski definition) is 1. The molecule has 41 heavy (non-hydrogen) atoms. The zero-order chi connectivity index (χ0) is 31.0. The number of methoxy groups -OCH3 is 4. The van der Waals surface area contributed by atoms with Gasteiger partial charge in [-0.1, -0.05) is 6.58 Å². The van der Waals surface area contributed by atoms with Gasteiger partial charge in [-0.3, -0.25) is 9.80 Å². The Balaban J connectivity index is 0.000000226. The summed E-state index contributed by atoms with van der Waals surface area (Å²) in [7, 11) is 6.14. The fraction of sp³-hybridized carbons (Fsp3) is 0.857. The Morgan fingerprint density at radius 2 is 1.32 bits per heavy atom. The molecule has 0 bridgehead atoms. The third kappa shape index (κ3) is 6.66. The predicted octanol–water partition coefficient (Wildman–Crippen LogP) is 2.15. The highest BCUT2D eigenvalue weighted by Crippen LogP contribution is 2.42. The summed E-state index contributed by atoms with van der Waals surface area (Å²) >= 11 is 0. The lowest BCUT2D eigenvalue weighted by Gasteiger charge is -2.36. The first-order chi connectivity index (χ1) is 19.0. The van der Waals surface area contributed by atoms with Crippen LogP contribution in [0.3, 0.4) is 0 Å². The minimum absolute atomic E-state index is 0.0655. The van der Waals surface area contributed by atoms with Crippen LogP contribution in [0.5, 0.6) is 0 Å². The normalized spacial score (nSPS) is 30.0. The van der Waals surface area contributed by atoms with E-state index in [9.17, 15) is 14.7 Å². The van der Waals surface area contributed by atoms with E-state index in [2.05, 4.69) is 6.58 Å². The summed E-state index contributed by atoms with van der Waals surface area (Å²) in [5.74, 6) is -2.17. The molecule has 4 heterocycles. The summed E-state index contributed by atoms with van der Waals surface area (Å²) in [6.45, 7) is 16.1. The van der Waals surface area contributed by atoms with Gasteiger partial charge in [0.25, 0.3) is 0 Å². The van der Waals surface area contributed by atoms with Crippen molar-refractivity contribution in [2.24, 2.45) is 5.92 Å². The standard InChI is InChI=1S/C14H25NO6.C14H23NO5/c1-13(2,3)21-12(17)15-6-9(7-16)10-11(15)14(18-4,19-5)8-20-10;1-9-7-15(12(16)20-13(2,3)4)11-10(9)19-8-14(11,17-5)18-6/h9-11,16H,6-8H2,1-5H3;10-11H,1,7-8H2,2-6H3/t9-,10+,11-;10-,11+/m01/s1. The average molecular weight is 589 g/mol. The largest absolute Gasteiger partial charge is 0.444 e. The van der Waals surface area contributed by atoms with Crippen molar-refractivity contribution >= 4 is 12.2 Å². The molecule has 0 saturated carbocycles. The molecule has 0 spiro atoms. The maximum atomic E-state index is 12.4. The SMILES string of the molecule is C=C1CN(C(=O)OC(C)(C)C)[C@H]2[C@@H]1OCC2(OC)OC.COC1(OC)CO[C@@H]2[C@H](CO)CN(C(=O)OC(C)(C)C)[C@@H]21. The first-order valence-electron chi connectivity index (χ1n) is 13.7. The third-order valence-electron chi connectivity index (χ3n) is 7.66. The number of hydrogen-bond acceptors (Lipinski definition) is 11. The third-order valence-corrected chi connectivity index (χ3v) is 7.66. The highest BCUT2D eigenvalue weighted by molar-refractivity contribution is 5.71. The molecule has 2 amide bonds. The van der Waals surface area contributed by atoms with E-state index in [0.717, 1.165) is 5.57 Å². The lowest BCUT2D eigenvalue weighted by Crippen LogP contribution is -2.55. The number of amides is 2. The van der Waals surface area contributed by atoms with Crippen molar-refractivity contribution in [3.63, 3.8) is 0 Å². The smallest absolute Gasteiger partial charge is 0.411 e. The number of aliphatic hydroxyl groups is 1. The van der Waals surface area contributed by atoms with E-state index in [4.69, 9.17) is 37.9 Å². The van der Waals surface area contributed by atoms with Crippen LogP contribution >= 0.6 is 0 Å². The second-order valence-corrected chi connectivity index (χ2v) is 12.7. The van der Waals surface area contributed by atoms with Crippen LogP contribution in [-0.2, 0) is 37.9 Å². The van der Waals surface area contributed by atoms with Crippen LogP contribution in [0, 0.1) is 5.92 Å². The van der Waals surface area contributed by atoms with E-state index in [1.165, 1.54) is 14.2 Å². The molecule has 0 radical (unpaired) electrons. The van der Waals surface area contributed by atoms with Crippen molar-refractivity contribution in [3.8, 4) is 0 Å². The molecule has 4 fully saturated rings. The number of carbonyl (C=O) groups excluding carboxylic acids is 2. The maximum Gasteiger partial charge on any atom is 0.411 e. The van der Waals surface area contributed by atoms with Crippen molar-refractivity contribution < 1.29 is 52.6 Å². The molecule has 4 saturated heterocycles. The Labute approximate surface area is 242 Å². The van der Waals surface area contributed by atoms with Crippen LogP contribution in [0.4, 0.5) is 9.59 Å². The molecule has 236 valence electrons. The van der Waals surface area contributed by atoms with Crippen molar-refractivity contribution in [1.29, 1.82) is 0 Å². The number of ether oxygens (including phenoxy) is 8. The van der Waals surface area contributed by atoms with E-state index in [1.54, 1.807) is 24.0 Å². The summed E-state index contributed by atoms with van der Waals surface area (Å²) in [5.41, 5.74) is -0.318. The van der Waals surface area contributed by atoms with Crippen LogP contribution in [0.1, 0.15) is 41.5 Å². The minimum atomic E-state index is -1.02. The zero-order valence-corrected chi connectivity index (χ0v) is 26.1. The first kappa shape index (κ1) is 33.5. The number of likely N-dealkylation sites (tertiary alicyclic amines) is 2. The number of fused-ring (bicyclic) bond motifs is 2. The lowest BCUT2D eigenvalue weighted by molar-refractivity contribution is -0.225. The molecule has 5 atom stereocenters. The van der Waals surface area contributed by atoms with Crippen LogP contribution in [-0.4, -0.2) is 136 Å². The van der Waals surface area contributed by atoms with E-state index < -0.39 is 41.0 Å². The number of rotatable bonds is 5. The molecule has 0 aromatic carbocycles. The van der Waals surface area contributed by atoms with Gasteiger partial charge in [0, 0.05) is 47.4 Å². The molecule has 13 heteroatoms. The highest BCUT2D eigenvalue weighted by atomic mass is 16.7. The minimum Gasteiger partial charge on any atom is -0.444 e. The van der Waals surface area contributed by atoms with Crippen molar-refractivity contribution in [3.05, 3.63) is 12.2 Å². The van der Waals surface area contributed by atoms with Crippen LogP contribution < -0.4 is 0 Å². The van der Waals surface area contributed by atoms with Gasteiger partial charge in [0.2, 0.25) is 11.6 Å². The van der Waals surface area contributed by atoms with Crippen molar-refractivity contribution in [2.75, 3.05) is 61.3 Å². The second-order valence-electron chi connectivity index (χ2n) is 12.7. The fourth-order valence-electron chi connectivity index (χ4n) is 5.73. The Bertz CT molecular complexity index is 952. The van der Waals surface area contributed by atoms with E-state index in [1.807, 2.05) is 41.5 Å². The summed E-state index contributed by atoms with van der Waals surface area (Å²) < 4.78 is 44.3. The van der Waals surface area contributed by atoms with Crippen molar-refractivity contribution in [2.45, 2.75) is 88.6 Å². The molecule has 4 aliphatic heterocycles. The molecule has 0 aromatic heterocycles. The molecule has 0 unspecified atom stereocenters. The molecule has 4 aliphatic rings. The van der Waals surface area contributed by atoms with Gasteiger partial charge in [-0.15, -0.1) is 0 Å². The van der Waals surface area contributed by atoms with Gasteiger partial charge >= 0.3 is 12.2 Å². The first-order valence-corrected chi connectivity index (χ1v) is 13.7. The molecule has 0 aromatic rings. The summed E-state index contributed by atoms with van der Waals surface area (Å²) in [6.07, 6.45) is -1.45. The molecular weight excluding hydrogens is 540 g/mol. The molecular formula is C28H48N2O11. The Kier molecular flexibility index (Phi) is 10.1. The van der Waals surface area contributed by atoms with Crippen LogP contribution in [0.25, 0.3) is 0 Å². The van der Waals surface area contributed by atoms with Gasteiger partial charge in [0.1, 0.15) is 42.6 Å². The summed E-state index contributed by atoms with van der Waals surface area (Å²) in [6, 6.07) is -0.806. The second kappa shape index (κ2) is 12.3. The van der Waals surface area contributed by atoms with E-state index in [-0.39, 0.29) is 44.0 Å². The zero-order valence-electron chi connectivity index (χ0n) is 26.1. The molecule has 1 N–H and O–H groups in total. The van der Waals surface area contributed by atoms with Crippen molar-refractivity contribution in [1.82, 2.24) is 9.80 Å². The predicted molar refractivity (Wildman–Crippen MR) is 146 cm³/mol. The number of nitrogens with zero attached hydrogens (tertiary/aromatic N) is 2. The van der Waals surface area contributed by atoms with Crippen LogP contribution in [0.15, 0.2) is 12.2 Å². The van der Waals surface area contributed by atoms with Gasteiger partial charge < -0.3 is 43.0 Å². The molecule has 0 aliphatic carbocycles. The average Bonchev–Trinajstić information content (AvgIpc) is 3.63.